The maximum atomic E-state index is 3.71. The van der Waals surface area contributed by atoms with Crippen LogP contribution in [0.15, 0.2) is 30.3 Å². The van der Waals surface area contributed by atoms with Gasteiger partial charge in [0.15, 0.2) is 0 Å². The molecule has 0 saturated carbocycles. The van der Waals surface area contributed by atoms with Crippen molar-refractivity contribution >= 4 is 0 Å². The van der Waals surface area contributed by atoms with Crippen molar-refractivity contribution in [2.75, 3.05) is 26.2 Å². The van der Waals surface area contributed by atoms with Crippen LogP contribution in [0, 0.1) is 0 Å². The van der Waals surface area contributed by atoms with Crippen LogP contribution in [0.2, 0.25) is 0 Å². The summed E-state index contributed by atoms with van der Waals surface area (Å²) in [7, 11) is 0. The van der Waals surface area contributed by atoms with Gasteiger partial charge in [-0.15, -0.1) is 0 Å². The highest BCUT2D eigenvalue weighted by Gasteiger charge is 2.17. The third-order valence-corrected chi connectivity index (χ3v) is 3.87. The highest BCUT2D eigenvalue weighted by atomic mass is 15.2. The highest BCUT2D eigenvalue weighted by molar-refractivity contribution is 5.14. The smallest absolute Gasteiger partial charge is 0.0195 e. The van der Waals surface area contributed by atoms with Crippen LogP contribution in [0.1, 0.15) is 31.7 Å². The Morgan fingerprint density at radius 3 is 2.89 bits per heavy atom. The Kier molecular flexibility index (Phi) is 5.69. The van der Waals surface area contributed by atoms with E-state index in [1.807, 2.05) is 0 Å². The first-order valence-corrected chi connectivity index (χ1v) is 7.38. The van der Waals surface area contributed by atoms with Gasteiger partial charge in [0, 0.05) is 12.6 Å². The number of likely N-dealkylation sites (N-methyl/N-ethyl adjacent to an activating group) is 1. The molecule has 1 heterocycles. The lowest BCUT2D eigenvalue weighted by Gasteiger charge is -2.32. The number of nitrogens with one attached hydrogen (secondary N) is 1. The lowest BCUT2D eigenvalue weighted by Crippen LogP contribution is -2.45. The predicted molar refractivity (Wildman–Crippen MR) is 77.9 cm³/mol. The summed E-state index contributed by atoms with van der Waals surface area (Å²) in [5.74, 6) is 0. The van der Waals surface area contributed by atoms with Crippen molar-refractivity contribution in [2.45, 2.75) is 38.6 Å². The van der Waals surface area contributed by atoms with Crippen molar-refractivity contribution < 1.29 is 0 Å². The molecule has 0 radical (unpaired) electrons. The summed E-state index contributed by atoms with van der Waals surface area (Å²) in [5, 5.41) is 3.71. The Morgan fingerprint density at radius 1 is 1.28 bits per heavy atom. The van der Waals surface area contributed by atoms with Crippen LogP contribution in [0.5, 0.6) is 0 Å². The van der Waals surface area contributed by atoms with Crippen LogP contribution in [0.25, 0.3) is 0 Å². The number of aryl methyl sites for hydroxylation is 1. The highest BCUT2D eigenvalue weighted by Crippen LogP contribution is 2.09. The average molecular weight is 246 g/mol. The normalized spacial score (nSPS) is 21.1. The van der Waals surface area contributed by atoms with Gasteiger partial charge in [0.05, 0.1) is 0 Å². The molecule has 18 heavy (non-hydrogen) atoms. The Bertz CT molecular complexity index is 323. The quantitative estimate of drug-likeness (QED) is 0.776. The Morgan fingerprint density at radius 2 is 2.11 bits per heavy atom. The minimum absolute atomic E-state index is 0.717. The van der Waals surface area contributed by atoms with Crippen molar-refractivity contribution in [1.82, 2.24) is 10.2 Å². The van der Waals surface area contributed by atoms with Gasteiger partial charge in [-0.3, -0.25) is 0 Å². The van der Waals surface area contributed by atoms with Crippen molar-refractivity contribution in [3.8, 4) is 0 Å². The minimum Gasteiger partial charge on any atom is -0.313 e. The zero-order valence-corrected chi connectivity index (χ0v) is 11.6. The molecule has 1 fully saturated rings. The Labute approximate surface area is 111 Å². The van der Waals surface area contributed by atoms with Crippen LogP contribution < -0.4 is 5.32 Å². The molecule has 1 N–H and O–H groups in total. The summed E-state index contributed by atoms with van der Waals surface area (Å²) in [5.41, 5.74) is 1.46. The molecule has 0 bridgehead atoms. The van der Waals surface area contributed by atoms with Crippen LogP contribution in [-0.2, 0) is 6.42 Å². The number of hydrogen-bond acceptors (Lipinski definition) is 2. The molecule has 1 saturated heterocycles. The number of nitrogens with zero attached hydrogens (tertiary/aromatic N) is 1. The van der Waals surface area contributed by atoms with Crippen molar-refractivity contribution in [2.24, 2.45) is 0 Å². The zero-order valence-electron chi connectivity index (χ0n) is 11.6. The monoisotopic (exact) mass is 246 g/mol. The van der Waals surface area contributed by atoms with Crippen molar-refractivity contribution in [3.05, 3.63) is 35.9 Å². The molecule has 2 heteroatoms. The molecule has 2 rings (SSSR count). The van der Waals surface area contributed by atoms with E-state index in [0.717, 1.165) is 12.6 Å². The fourth-order valence-corrected chi connectivity index (χ4v) is 2.75. The Balaban J connectivity index is 1.60. The van der Waals surface area contributed by atoms with E-state index < -0.39 is 0 Å². The molecular weight excluding hydrogens is 220 g/mol. The molecule has 1 aromatic rings. The van der Waals surface area contributed by atoms with E-state index in [0.29, 0.717) is 0 Å². The molecule has 0 aromatic heterocycles. The van der Waals surface area contributed by atoms with E-state index in [9.17, 15) is 0 Å². The fraction of sp³-hybridized carbons (Fsp3) is 0.625. The van der Waals surface area contributed by atoms with Crippen LogP contribution in [0.4, 0.5) is 0 Å². The van der Waals surface area contributed by atoms with Gasteiger partial charge in [0.25, 0.3) is 0 Å². The van der Waals surface area contributed by atoms with E-state index in [1.54, 1.807) is 0 Å². The van der Waals surface area contributed by atoms with Crippen molar-refractivity contribution in [1.29, 1.82) is 0 Å². The number of hydrogen-bond donors (Lipinski definition) is 1. The summed E-state index contributed by atoms with van der Waals surface area (Å²) in [6.07, 6.45) is 5.14. The molecule has 0 aliphatic carbocycles. The number of rotatable bonds is 6. The maximum Gasteiger partial charge on any atom is 0.0195 e. The van der Waals surface area contributed by atoms with Gasteiger partial charge >= 0.3 is 0 Å². The van der Waals surface area contributed by atoms with E-state index in [-0.39, 0.29) is 0 Å². The third kappa shape index (κ3) is 4.43. The van der Waals surface area contributed by atoms with Gasteiger partial charge in [0.1, 0.15) is 0 Å². The van der Waals surface area contributed by atoms with Crippen LogP contribution in [-0.4, -0.2) is 37.1 Å². The molecule has 1 aliphatic heterocycles. The van der Waals surface area contributed by atoms with E-state index in [4.69, 9.17) is 0 Å². The van der Waals surface area contributed by atoms with Gasteiger partial charge < -0.3 is 10.2 Å². The molecule has 100 valence electrons. The summed E-state index contributed by atoms with van der Waals surface area (Å²) in [6.45, 7) is 7.14. The first-order valence-electron chi connectivity index (χ1n) is 7.38. The van der Waals surface area contributed by atoms with Gasteiger partial charge in [-0.25, -0.2) is 0 Å². The van der Waals surface area contributed by atoms with E-state index >= 15 is 0 Å². The molecule has 1 unspecified atom stereocenters. The molecule has 1 aromatic carbocycles. The zero-order chi connectivity index (χ0) is 12.6. The summed E-state index contributed by atoms with van der Waals surface area (Å²) in [4.78, 5) is 2.55. The Hall–Kier alpha value is -0.860. The molecule has 1 aliphatic rings. The average Bonchev–Trinajstić information content (AvgIpc) is 2.45. The minimum atomic E-state index is 0.717. The van der Waals surface area contributed by atoms with Gasteiger partial charge in [-0.2, -0.15) is 0 Å². The molecule has 0 amide bonds. The first-order chi connectivity index (χ1) is 8.88. The second-order valence-corrected chi connectivity index (χ2v) is 5.28. The van der Waals surface area contributed by atoms with E-state index in [1.165, 1.54) is 50.9 Å². The number of benzene rings is 1. The van der Waals surface area contributed by atoms with Gasteiger partial charge in [-0.05, 0) is 50.9 Å². The van der Waals surface area contributed by atoms with Crippen LogP contribution in [0.3, 0.4) is 0 Å². The third-order valence-electron chi connectivity index (χ3n) is 3.87. The summed E-state index contributed by atoms with van der Waals surface area (Å²) >= 11 is 0. The molecule has 1 atom stereocenters. The molecular formula is C16H26N2. The van der Waals surface area contributed by atoms with Gasteiger partial charge in [-0.1, -0.05) is 37.3 Å². The fourth-order valence-electron chi connectivity index (χ4n) is 2.75. The topological polar surface area (TPSA) is 15.3 Å². The first kappa shape index (κ1) is 13.6. The summed E-state index contributed by atoms with van der Waals surface area (Å²) in [6, 6.07) is 11.5. The SMILES string of the molecule is CCN1CCCC(NCCCc2ccccc2)C1. The van der Waals surface area contributed by atoms with Gasteiger partial charge in [0.2, 0.25) is 0 Å². The lowest BCUT2D eigenvalue weighted by atomic mass is 10.1. The second kappa shape index (κ2) is 7.55. The maximum absolute atomic E-state index is 3.71. The second-order valence-electron chi connectivity index (χ2n) is 5.28. The van der Waals surface area contributed by atoms with E-state index in [2.05, 4.69) is 47.5 Å². The number of piperidine rings is 1. The van der Waals surface area contributed by atoms with Crippen molar-refractivity contribution in [3.63, 3.8) is 0 Å². The summed E-state index contributed by atoms with van der Waals surface area (Å²) < 4.78 is 0. The van der Waals surface area contributed by atoms with Crippen LogP contribution >= 0.6 is 0 Å². The molecule has 2 nitrogen and oxygen atoms in total. The number of likely N-dealkylation sites (tertiary alicyclic amines) is 1. The largest absolute Gasteiger partial charge is 0.313 e. The lowest BCUT2D eigenvalue weighted by molar-refractivity contribution is 0.199. The standard InChI is InChI=1S/C16H26N2/c1-2-18-13-7-11-16(14-18)17-12-6-10-15-8-4-3-5-9-15/h3-5,8-9,16-17H,2,6-7,10-14H2,1H3. The molecule has 0 spiro atoms. The predicted octanol–water partition coefficient (Wildman–Crippen LogP) is 2.69.